The Balaban J connectivity index is 0.00000323. The summed E-state index contributed by atoms with van der Waals surface area (Å²) in [4.78, 5) is 6.70. The Bertz CT molecular complexity index is 1650. The zero-order valence-corrected chi connectivity index (χ0v) is 24.8. The van der Waals surface area contributed by atoms with Crippen LogP contribution in [0.5, 0.6) is 0 Å². The molecule has 0 unspecified atom stereocenters. The summed E-state index contributed by atoms with van der Waals surface area (Å²) in [6, 6.07) is 42.3. The van der Waals surface area contributed by atoms with E-state index < -0.39 is 0 Å². The van der Waals surface area contributed by atoms with Crippen LogP contribution in [0.15, 0.2) is 116 Å². The number of pyridine rings is 1. The number of rotatable bonds is 6. The topological polar surface area (TPSA) is 34.0 Å². The number of anilines is 3. The predicted molar refractivity (Wildman–Crippen MR) is 159 cm³/mol. The Morgan fingerprint density at radius 2 is 1.48 bits per heavy atom. The van der Waals surface area contributed by atoms with Gasteiger partial charge in [0.1, 0.15) is 0 Å². The maximum Gasteiger partial charge on any atom is 2.00 e. The number of benzene rings is 4. The maximum atomic E-state index is 5.00. The predicted octanol–water partition coefficient (Wildman–Crippen LogP) is 8.59. The van der Waals surface area contributed by atoms with Crippen LogP contribution in [0.1, 0.15) is 16.7 Å². The minimum absolute atomic E-state index is 0. The second-order valence-electron chi connectivity index (χ2n) is 9.70. The van der Waals surface area contributed by atoms with Gasteiger partial charge in [-0.1, -0.05) is 54.1 Å². The van der Waals surface area contributed by atoms with E-state index in [1.807, 2.05) is 59.4 Å². The van der Waals surface area contributed by atoms with Crippen LogP contribution in [0.25, 0.3) is 28.1 Å². The summed E-state index contributed by atoms with van der Waals surface area (Å²) < 4.78 is 1.81. The van der Waals surface area contributed by atoms with Crippen molar-refractivity contribution in [2.75, 3.05) is 4.90 Å². The van der Waals surface area contributed by atoms with E-state index in [0.717, 1.165) is 45.3 Å². The molecular weight excluding hydrogens is 671 g/mol. The Morgan fingerprint density at radius 3 is 2.17 bits per heavy atom. The van der Waals surface area contributed by atoms with Gasteiger partial charge in [-0.25, -0.2) is 20.8 Å². The second-order valence-corrected chi connectivity index (χ2v) is 9.70. The molecular formula is C35H28N4Pt. The Kier molecular flexibility index (Phi) is 8.09. The Hall–Kier alpha value is -4.27. The van der Waals surface area contributed by atoms with E-state index >= 15 is 0 Å². The monoisotopic (exact) mass is 699 g/mol. The molecule has 198 valence electrons. The van der Waals surface area contributed by atoms with Crippen LogP contribution in [-0.2, 0) is 21.1 Å². The molecule has 0 bridgehead atoms. The fraction of sp³-hybridized carbons (Fsp3) is 0.0857. The summed E-state index contributed by atoms with van der Waals surface area (Å²) in [5.41, 5.74) is 9.79. The third-order valence-corrected chi connectivity index (χ3v) is 6.75. The summed E-state index contributed by atoms with van der Waals surface area (Å²) in [5, 5.41) is 5.00. The van der Waals surface area contributed by atoms with Crippen molar-refractivity contribution >= 4 is 17.2 Å². The third-order valence-electron chi connectivity index (χ3n) is 6.75. The first kappa shape index (κ1) is 27.3. The van der Waals surface area contributed by atoms with Crippen LogP contribution in [0.3, 0.4) is 0 Å². The second kappa shape index (κ2) is 11.9. The van der Waals surface area contributed by atoms with E-state index in [1.165, 1.54) is 16.7 Å². The molecule has 0 saturated carbocycles. The molecule has 5 heteroatoms. The molecule has 0 aliphatic heterocycles. The number of aryl methyl sites for hydroxylation is 3. The zero-order chi connectivity index (χ0) is 26.8. The molecule has 0 atom stereocenters. The third kappa shape index (κ3) is 5.54. The van der Waals surface area contributed by atoms with Crippen molar-refractivity contribution in [1.82, 2.24) is 14.8 Å². The van der Waals surface area contributed by atoms with Gasteiger partial charge in [0.15, 0.2) is 11.6 Å². The smallest absolute Gasteiger partial charge is 0.312 e. The summed E-state index contributed by atoms with van der Waals surface area (Å²) in [6.45, 7) is 6.45. The molecule has 0 N–H and O–H groups in total. The Labute approximate surface area is 250 Å². The molecule has 4 aromatic carbocycles. The van der Waals surface area contributed by atoms with Crippen molar-refractivity contribution in [3.05, 3.63) is 144 Å². The molecule has 0 aliphatic carbocycles. The molecule has 6 rings (SSSR count). The van der Waals surface area contributed by atoms with E-state index in [0.29, 0.717) is 0 Å². The van der Waals surface area contributed by atoms with E-state index in [9.17, 15) is 0 Å². The van der Waals surface area contributed by atoms with Crippen molar-refractivity contribution < 1.29 is 21.1 Å². The molecule has 0 amide bonds. The van der Waals surface area contributed by atoms with Crippen LogP contribution in [0.2, 0.25) is 0 Å². The first-order chi connectivity index (χ1) is 19.1. The van der Waals surface area contributed by atoms with E-state index in [-0.39, 0.29) is 21.1 Å². The molecule has 0 radical (unpaired) electrons. The van der Waals surface area contributed by atoms with Crippen LogP contribution < -0.4 is 4.90 Å². The van der Waals surface area contributed by atoms with Gasteiger partial charge in [0, 0.05) is 18.5 Å². The summed E-state index contributed by atoms with van der Waals surface area (Å²) in [6.07, 6.45) is 3.74. The summed E-state index contributed by atoms with van der Waals surface area (Å²) >= 11 is 0. The van der Waals surface area contributed by atoms with Crippen LogP contribution in [0, 0.1) is 32.9 Å². The van der Waals surface area contributed by atoms with Gasteiger partial charge >= 0.3 is 21.1 Å². The van der Waals surface area contributed by atoms with Gasteiger partial charge in [-0.3, -0.25) is 0 Å². The molecule has 0 aliphatic rings. The molecule has 6 aromatic rings. The number of hydrogen-bond donors (Lipinski definition) is 0. The number of aromatic nitrogens is 3. The van der Waals surface area contributed by atoms with Crippen molar-refractivity contribution in [3.63, 3.8) is 0 Å². The normalized spacial score (nSPS) is 10.7. The standard InChI is InChI=1S/C35H28N4.Pt/c1-25-20-26(2)35(27(3)21-25)39(34-17-19-38(37-34)33-16-10-11-18-36-33)32-23-30(28-12-6-4-7-13-28)22-31(24-32)29-14-8-5-9-15-29;/h4-14,16-23H,1-3H3;/q-2;+2. The van der Waals surface area contributed by atoms with Gasteiger partial charge in [0.2, 0.25) is 0 Å². The largest absolute Gasteiger partial charge is 2.00 e. The van der Waals surface area contributed by atoms with Gasteiger partial charge in [-0.05, 0) is 55.3 Å². The van der Waals surface area contributed by atoms with Gasteiger partial charge in [-0.15, -0.1) is 22.8 Å². The average molecular weight is 700 g/mol. The molecule has 0 saturated heterocycles. The molecule has 40 heavy (non-hydrogen) atoms. The fourth-order valence-corrected chi connectivity index (χ4v) is 5.11. The SMILES string of the molecule is Cc1cc(C)c(N(c2[c-]c(-c3[c-]cccc3)cc(-c3ccccc3)c2)c2ccn(-c3ccccn3)n2)c(C)c1.[Pt+2]. The maximum absolute atomic E-state index is 5.00. The number of hydrogen-bond acceptors (Lipinski definition) is 3. The average Bonchev–Trinajstić information content (AvgIpc) is 3.46. The van der Waals surface area contributed by atoms with Gasteiger partial charge in [-0.2, -0.15) is 36.4 Å². The Morgan fingerprint density at radius 1 is 0.725 bits per heavy atom. The zero-order valence-electron chi connectivity index (χ0n) is 22.6. The van der Waals surface area contributed by atoms with Gasteiger partial charge in [0.25, 0.3) is 0 Å². The van der Waals surface area contributed by atoms with Crippen molar-refractivity contribution in [1.29, 1.82) is 0 Å². The van der Waals surface area contributed by atoms with Crippen LogP contribution in [-0.4, -0.2) is 14.8 Å². The summed E-state index contributed by atoms with van der Waals surface area (Å²) in [5.74, 6) is 1.56. The minimum Gasteiger partial charge on any atom is -0.312 e. The van der Waals surface area contributed by atoms with Crippen molar-refractivity contribution in [2.24, 2.45) is 0 Å². The summed E-state index contributed by atoms with van der Waals surface area (Å²) in [7, 11) is 0. The van der Waals surface area contributed by atoms with Crippen molar-refractivity contribution in [2.45, 2.75) is 20.8 Å². The molecule has 0 spiro atoms. The number of nitrogens with zero attached hydrogens (tertiary/aromatic N) is 4. The molecule has 4 nitrogen and oxygen atoms in total. The fourth-order valence-electron chi connectivity index (χ4n) is 5.11. The first-order valence-corrected chi connectivity index (χ1v) is 13.0. The van der Waals surface area contributed by atoms with Crippen molar-refractivity contribution in [3.8, 4) is 28.1 Å². The minimum atomic E-state index is 0. The molecule has 0 fully saturated rings. The molecule has 2 heterocycles. The van der Waals surface area contributed by atoms with Gasteiger partial charge < -0.3 is 4.90 Å². The van der Waals surface area contributed by atoms with Crippen LogP contribution in [0.4, 0.5) is 17.2 Å². The van der Waals surface area contributed by atoms with E-state index in [4.69, 9.17) is 5.10 Å². The van der Waals surface area contributed by atoms with Crippen LogP contribution >= 0.6 is 0 Å². The van der Waals surface area contributed by atoms with E-state index in [1.54, 1.807) is 6.20 Å². The quantitative estimate of drug-likeness (QED) is 0.164. The van der Waals surface area contributed by atoms with Gasteiger partial charge in [0.05, 0.1) is 5.69 Å². The van der Waals surface area contributed by atoms with E-state index in [2.05, 4.69) is 97.4 Å². The molecule has 2 aromatic heterocycles. The first-order valence-electron chi connectivity index (χ1n) is 13.0.